The lowest BCUT2D eigenvalue weighted by Gasteiger charge is -2.37. The van der Waals surface area contributed by atoms with Gasteiger partial charge < -0.3 is 24.2 Å². The molecule has 0 fully saturated rings. The summed E-state index contributed by atoms with van der Waals surface area (Å²) >= 11 is 1.59. The van der Waals surface area contributed by atoms with E-state index >= 15 is 0 Å². The van der Waals surface area contributed by atoms with Gasteiger partial charge in [-0.15, -0.1) is 11.3 Å². The van der Waals surface area contributed by atoms with E-state index in [9.17, 15) is 14.7 Å². The molecule has 1 N–H and O–H groups in total. The topological polar surface area (TPSA) is 88.5 Å². The molecule has 196 valence electrons. The van der Waals surface area contributed by atoms with E-state index in [1.54, 1.807) is 28.4 Å². The fraction of sp³-hybridized carbons (Fsp3) is 0.241. The second kappa shape index (κ2) is 11.1. The SMILES string of the molecule is C=CCOC(=O)N1c2cc(OCc3ccccc3)c(OC)cc2C(=O)N2CCC(c3cccs3)=C[C@H]2C1O. The van der Waals surface area contributed by atoms with Crippen LogP contribution in [0.25, 0.3) is 5.57 Å². The Bertz CT molecular complexity index is 1350. The molecule has 8 nitrogen and oxygen atoms in total. The van der Waals surface area contributed by atoms with Gasteiger partial charge in [0.25, 0.3) is 5.91 Å². The van der Waals surface area contributed by atoms with Gasteiger partial charge in [0, 0.05) is 17.5 Å². The number of carbonyl (C=O) groups is 2. The minimum Gasteiger partial charge on any atom is -0.493 e. The van der Waals surface area contributed by atoms with Crippen molar-refractivity contribution in [3.05, 3.63) is 94.7 Å². The first-order chi connectivity index (χ1) is 18.5. The van der Waals surface area contributed by atoms with Gasteiger partial charge >= 0.3 is 6.09 Å². The zero-order valence-corrected chi connectivity index (χ0v) is 21.7. The second-order valence-corrected chi connectivity index (χ2v) is 9.80. The van der Waals surface area contributed by atoms with Gasteiger partial charge in [-0.25, -0.2) is 9.69 Å². The van der Waals surface area contributed by atoms with E-state index in [2.05, 4.69) is 6.58 Å². The predicted molar refractivity (Wildman–Crippen MR) is 146 cm³/mol. The molecule has 0 bridgehead atoms. The number of hydrogen-bond acceptors (Lipinski definition) is 7. The van der Waals surface area contributed by atoms with Gasteiger partial charge in [0.15, 0.2) is 17.7 Å². The van der Waals surface area contributed by atoms with Gasteiger partial charge in [-0.3, -0.25) is 4.79 Å². The molecular weight excluding hydrogens is 504 g/mol. The van der Waals surface area contributed by atoms with E-state index in [0.29, 0.717) is 24.5 Å². The van der Waals surface area contributed by atoms with Crippen molar-refractivity contribution >= 4 is 34.6 Å². The van der Waals surface area contributed by atoms with Crippen LogP contribution in [0.4, 0.5) is 10.5 Å². The number of thiophene rings is 1. The second-order valence-electron chi connectivity index (χ2n) is 8.85. The molecule has 0 aliphatic carbocycles. The van der Waals surface area contributed by atoms with Crippen LogP contribution in [0.2, 0.25) is 0 Å². The molecule has 0 spiro atoms. The lowest BCUT2D eigenvalue weighted by atomic mass is 9.99. The molecule has 0 saturated carbocycles. The molecule has 3 heterocycles. The number of ether oxygens (including phenoxy) is 3. The van der Waals surface area contributed by atoms with E-state index in [1.165, 1.54) is 13.2 Å². The Morgan fingerprint density at radius 1 is 1.18 bits per heavy atom. The Morgan fingerprint density at radius 3 is 2.71 bits per heavy atom. The van der Waals surface area contributed by atoms with Crippen LogP contribution >= 0.6 is 11.3 Å². The van der Waals surface area contributed by atoms with Crippen molar-refractivity contribution in [3.63, 3.8) is 0 Å². The number of nitrogens with zero attached hydrogens (tertiary/aromatic N) is 2. The highest BCUT2D eigenvalue weighted by atomic mass is 32.1. The molecule has 5 rings (SSSR count). The van der Waals surface area contributed by atoms with E-state index in [1.807, 2.05) is 53.9 Å². The molecule has 3 aromatic rings. The number of anilines is 1. The molecule has 2 atom stereocenters. The van der Waals surface area contributed by atoms with Crippen LogP contribution in [-0.4, -0.2) is 54.5 Å². The number of carbonyl (C=O) groups excluding carboxylic acids is 2. The van der Waals surface area contributed by atoms with Crippen LogP contribution < -0.4 is 14.4 Å². The molecule has 38 heavy (non-hydrogen) atoms. The maximum atomic E-state index is 13.8. The summed E-state index contributed by atoms with van der Waals surface area (Å²) < 4.78 is 17.0. The van der Waals surface area contributed by atoms with Gasteiger partial charge in [-0.1, -0.05) is 55.1 Å². The molecule has 9 heteroatoms. The van der Waals surface area contributed by atoms with Crippen LogP contribution in [-0.2, 0) is 11.3 Å². The summed E-state index contributed by atoms with van der Waals surface area (Å²) in [6.07, 6.45) is 1.73. The van der Waals surface area contributed by atoms with Gasteiger partial charge in [-0.2, -0.15) is 0 Å². The number of rotatable bonds is 7. The number of methoxy groups -OCH3 is 1. The van der Waals surface area contributed by atoms with E-state index in [4.69, 9.17) is 14.2 Å². The van der Waals surface area contributed by atoms with Crippen LogP contribution in [0.15, 0.2) is 78.7 Å². The fourth-order valence-corrected chi connectivity index (χ4v) is 5.49. The van der Waals surface area contributed by atoms with E-state index in [-0.39, 0.29) is 30.4 Å². The summed E-state index contributed by atoms with van der Waals surface area (Å²) in [7, 11) is 1.49. The average molecular weight is 533 g/mol. The van der Waals surface area contributed by atoms with Crippen LogP contribution in [0.5, 0.6) is 11.5 Å². The smallest absolute Gasteiger partial charge is 0.416 e. The summed E-state index contributed by atoms with van der Waals surface area (Å²) in [5.41, 5.74) is 2.34. The van der Waals surface area contributed by atoms with E-state index < -0.39 is 18.4 Å². The molecule has 1 unspecified atom stereocenters. The lowest BCUT2D eigenvalue weighted by Crippen LogP contribution is -2.54. The van der Waals surface area contributed by atoms with Crippen molar-refractivity contribution in [3.8, 4) is 11.5 Å². The summed E-state index contributed by atoms with van der Waals surface area (Å²) in [5, 5.41) is 13.6. The maximum absolute atomic E-state index is 13.8. The number of aliphatic hydroxyl groups excluding tert-OH is 1. The normalized spacial score (nSPS) is 18.6. The molecule has 0 radical (unpaired) electrons. The summed E-state index contributed by atoms with van der Waals surface area (Å²) in [6, 6.07) is 15.9. The lowest BCUT2D eigenvalue weighted by molar-refractivity contribution is 0.0476. The Morgan fingerprint density at radius 2 is 2.00 bits per heavy atom. The molecule has 2 amide bonds. The van der Waals surface area contributed by atoms with Gasteiger partial charge in [0.2, 0.25) is 0 Å². The molecule has 2 aliphatic heterocycles. The van der Waals surface area contributed by atoms with Crippen LogP contribution in [0.3, 0.4) is 0 Å². The first kappa shape index (κ1) is 25.6. The van der Waals surface area contributed by atoms with Crippen molar-refractivity contribution < 1.29 is 28.9 Å². The highest BCUT2D eigenvalue weighted by Crippen LogP contribution is 2.42. The number of hydrogen-bond donors (Lipinski definition) is 1. The summed E-state index contributed by atoms with van der Waals surface area (Å²) in [4.78, 5) is 30.9. The maximum Gasteiger partial charge on any atom is 0.416 e. The number of benzene rings is 2. The standard InChI is InChI=1S/C29H28N2O6S/c1-3-13-36-29(34)31-22-17-25(37-18-19-8-5-4-6-9-19)24(35-2)16-21(22)27(32)30-12-11-20(15-23(30)28(31)33)26-10-7-14-38-26/h3-10,14-17,23,28,33H,1,11-13,18H2,2H3/t23-,28?/m0/s1. The molecular formula is C29H28N2O6S. The Kier molecular flexibility index (Phi) is 7.48. The minimum atomic E-state index is -1.40. The number of aliphatic hydroxyl groups is 1. The molecule has 0 saturated heterocycles. The highest BCUT2D eigenvalue weighted by molar-refractivity contribution is 7.11. The van der Waals surface area contributed by atoms with Crippen LogP contribution in [0, 0.1) is 0 Å². The first-order valence-corrected chi connectivity index (χ1v) is 13.1. The van der Waals surface area contributed by atoms with E-state index in [0.717, 1.165) is 20.9 Å². The monoisotopic (exact) mass is 532 g/mol. The highest BCUT2D eigenvalue weighted by Gasteiger charge is 2.44. The first-order valence-electron chi connectivity index (χ1n) is 12.2. The van der Waals surface area contributed by atoms with Gasteiger partial charge in [0.1, 0.15) is 13.2 Å². The number of fused-ring (bicyclic) bond motifs is 2. The summed E-state index contributed by atoms with van der Waals surface area (Å²) in [6.45, 7) is 4.18. The molecule has 2 aliphatic rings. The third-order valence-corrected chi connectivity index (χ3v) is 7.50. The quantitative estimate of drug-likeness (QED) is 0.426. The fourth-order valence-electron chi connectivity index (χ4n) is 4.70. The van der Waals surface area contributed by atoms with Crippen LogP contribution in [0.1, 0.15) is 27.2 Å². The van der Waals surface area contributed by atoms with Crippen molar-refractivity contribution in [1.82, 2.24) is 4.90 Å². The zero-order chi connectivity index (χ0) is 26.6. The average Bonchev–Trinajstić information content (AvgIpc) is 3.47. The third-order valence-electron chi connectivity index (χ3n) is 6.55. The van der Waals surface area contributed by atoms with Crippen molar-refractivity contribution in [2.24, 2.45) is 0 Å². The Hall–Kier alpha value is -4.08. The predicted octanol–water partition coefficient (Wildman–Crippen LogP) is 5.09. The molecule has 2 aromatic carbocycles. The molecule has 1 aromatic heterocycles. The zero-order valence-electron chi connectivity index (χ0n) is 20.9. The Labute approximate surface area is 225 Å². The minimum absolute atomic E-state index is 0.0521. The third kappa shape index (κ3) is 4.90. The van der Waals surface area contributed by atoms with Gasteiger partial charge in [0.05, 0.1) is 24.4 Å². The van der Waals surface area contributed by atoms with Gasteiger partial charge in [-0.05, 0) is 35.1 Å². The Balaban J connectivity index is 1.59. The van der Waals surface area contributed by atoms with Crippen molar-refractivity contribution in [2.45, 2.75) is 25.3 Å². The largest absolute Gasteiger partial charge is 0.493 e. The van der Waals surface area contributed by atoms with Crippen molar-refractivity contribution in [2.75, 3.05) is 25.2 Å². The number of amides is 2. The summed E-state index contributed by atoms with van der Waals surface area (Å²) in [5.74, 6) is 0.343. The van der Waals surface area contributed by atoms with Crippen molar-refractivity contribution in [1.29, 1.82) is 0 Å².